The molecule has 0 aliphatic carbocycles. The molecule has 1 aromatic heterocycles. The Hall–Kier alpha value is -2.58. The number of carbonyl (C=O) groups excluding carboxylic acids is 1. The van der Waals surface area contributed by atoms with Gasteiger partial charge in [0.1, 0.15) is 5.82 Å². The molecule has 0 unspecified atom stereocenters. The first-order valence-corrected chi connectivity index (χ1v) is 11.0. The van der Waals surface area contributed by atoms with Crippen molar-refractivity contribution < 1.29 is 9.18 Å². The standard InChI is InChI=1S/C21H18FN3O2S2/c1-13-5-7-16(8-6-13)25-20(27)19-17(9-10-28-19)24-21(25)29-12-18(26)23-15-4-2-3-14(22)11-15/h2-8,11H,9-10,12H2,1H3,(H,23,26). The molecule has 0 atom stereocenters. The maximum Gasteiger partial charge on any atom is 0.272 e. The van der Waals surface area contributed by atoms with E-state index >= 15 is 0 Å². The number of amides is 1. The van der Waals surface area contributed by atoms with Crippen molar-refractivity contribution in [3.05, 3.63) is 76.0 Å². The highest BCUT2D eigenvalue weighted by molar-refractivity contribution is 8.00. The van der Waals surface area contributed by atoms with E-state index < -0.39 is 5.82 Å². The topological polar surface area (TPSA) is 64.0 Å². The van der Waals surface area contributed by atoms with Crippen molar-refractivity contribution in [2.75, 3.05) is 16.8 Å². The summed E-state index contributed by atoms with van der Waals surface area (Å²) in [6.07, 6.45) is 0.743. The van der Waals surface area contributed by atoms with Gasteiger partial charge in [0, 0.05) is 17.9 Å². The molecule has 29 heavy (non-hydrogen) atoms. The van der Waals surface area contributed by atoms with E-state index in [0.29, 0.717) is 15.7 Å². The van der Waals surface area contributed by atoms with Gasteiger partial charge in [-0.15, -0.1) is 11.8 Å². The van der Waals surface area contributed by atoms with Crippen molar-refractivity contribution in [2.45, 2.75) is 23.4 Å². The fourth-order valence-corrected chi connectivity index (χ4v) is 4.86. The number of rotatable bonds is 5. The van der Waals surface area contributed by atoms with Crippen molar-refractivity contribution in [1.82, 2.24) is 9.55 Å². The van der Waals surface area contributed by atoms with E-state index in [-0.39, 0.29) is 17.2 Å². The number of halogens is 1. The summed E-state index contributed by atoms with van der Waals surface area (Å²) in [4.78, 5) is 30.8. The van der Waals surface area contributed by atoms with Crippen molar-refractivity contribution >= 4 is 35.1 Å². The summed E-state index contributed by atoms with van der Waals surface area (Å²) in [6, 6.07) is 13.4. The predicted octanol–water partition coefficient (Wildman–Crippen LogP) is 4.06. The Morgan fingerprint density at radius 1 is 1.28 bits per heavy atom. The third-order valence-electron chi connectivity index (χ3n) is 4.40. The van der Waals surface area contributed by atoms with E-state index in [1.165, 1.54) is 41.7 Å². The quantitative estimate of drug-likeness (QED) is 0.491. The highest BCUT2D eigenvalue weighted by Gasteiger charge is 2.23. The SMILES string of the molecule is Cc1ccc(-n2c(SCC(=O)Nc3cccc(F)c3)nc3c(c2=O)SCC3)cc1. The molecule has 148 valence electrons. The van der Waals surface area contributed by atoms with Gasteiger partial charge in [-0.25, -0.2) is 9.37 Å². The largest absolute Gasteiger partial charge is 0.325 e. The number of nitrogens with one attached hydrogen (secondary N) is 1. The van der Waals surface area contributed by atoms with E-state index in [1.54, 1.807) is 10.6 Å². The van der Waals surface area contributed by atoms with Gasteiger partial charge in [-0.3, -0.25) is 14.2 Å². The summed E-state index contributed by atoms with van der Waals surface area (Å²) < 4.78 is 14.9. The molecule has 0 spiro atoms. The third kappa shape index (κ3) is 4.38. The number of benzene rings is 2. The van der Waals surface area contributed by atoms with Gasteiger partial charge in [-0.05, 0) is 37.3 Å². The number of carbonyl (C=O) groups is 1. The molecule has 1 aliphatic heterocycles. The molecule has 1 N–H and O–H groups in total. The molecule has 0 radical (unpaired) electrons. The van der Waals surface area contributed by atoms with Crippen LogP contribution in [0.5, 0.6) is 0 Å². The second-order valence-corrected chi connectivity index (χ2v) is 8.64. The van der Waals surface area contributed by atoms with Crippen molar-refractivity contribution in [2.24, 2.45) is 0 Å². The van der Waals surface area contributed by atoms with Crippen LogP contribution in [0.4, 0.5) is 10.1 Å². The van der Waals surface area contributed by atoms with E-state index in [9.17, 15) is 14.0 Å². The van der Waals surface area contributed by atoms with Crippen molar-refractivity contribution in [1.29, 1.82) is 0 Å². The minimum atomic E-state index is -0.415. The van der Waals surface area contributed by atoms with Gasteiger partial charge in [0.25, 0.3) is 5.56 Å². The van der Waals surface area contributed by atoms with Crippen molar-refractivity contribution in [3.63, 3.8) is 0 Å². The fourth-order valence-electron chi connectivity index (χ4n) is 3.00. The van der Waals surface area contributed by atoms with Crippen LogP contribution < -0.4 is 10.9 Å². The number of aromatic nitrogens is 2. The number of hydrogen-bond donors (Lipinski definition) is 1. The average molecular weight is 428 g/mol. The summed E-state index contributed by atoms with van der Waals surface area (Å²) >= 11 is 2.72. The number of thioether (sulfide) groups is 2. The van der Waals surface area contributed by atoms with Crippen molar-refractivity contribution in [3.8, 4) is 5.69 Å². The lowest BCUT2D eigenvalue weighted by Gasteiger charge is -2.14. The molecular weight excluding hydrogens is 409 g/mol. The highest BCUT2D eigenvalue weighted by Crippen LogP contribution is 2.30. The first-order chi connectivity index (χ1) is 14.0. The molecule has 8 heteroatoms. The highest BCUT2D eigenvalue weighted by atomic mass is 32.2. The maximum absolute atomic E-state index is 13.3. The van der Waals surface area contributed by atoms with E-state index in [2.05, 4.69) is 10.3 Å². The van der Waals surface area contributed by atoms with Gasteiger partial charge in [-0.2, -0.15) is 0 Å². The molecule has 1 aliphatic rings. The second-order valence-electron chi connectivity index (χ2n) is 6.59. The van der Waals surface area contributed by atoms with E-state index in [0.717, 1.165) is 29.1 Å². The molecule has 2 aromatic carbocycles. The molecule has 4 rings (SSSR count). The monoisotopic (exact) mass is 427 g/mol. The first kappa shape index (κ1) is 19.7. The zero-order valence-electron chi connectivity index (χ0n) is 15.6. The predicted molar refractivity (Wildman–Crippen MR) is 115 cm³/mol. The van der Waals surface area contributed by atoms with Crippen LogP contribution >= 0.6 is 23.5 Å². The van der Waals surface area contributed by atoms with Crippen LogP contribution in [-0.4, -0.2) is 27.0 Å². The summed E-state index contributed by atoms with van der Waals surface area (Å²) in [5.41, 5.74) is 2.89. The smallest absolute Gasteiger partial charge is 0.272 e. The van der Waals surface area contributed by atoms with Crippen LogP contribution in [-0.2, 0) is 11.2 Å². The Balaban J connectivity index is 1.61. The minimum Gasteiger partial charge on any atom is -0.325 e. The molecule has 3 aromatic rings. The normalized spacial score (nSPS) is 12.6. The summed E-state index contributed by atoms with van der Waals surface area (Å²) in [5.74, 6) is 0.182. The van der Waals surface area contributed by atoms with Crippen LogP contribution in [0.15, 0.2) is 63.4 Å². The fraction of sp³-hybridized carbons (Fsp3) is 0.190. The maximum atomic E-state index is 13.3. The Bertz CT molecular complexity index is 1130. The van der Waals surface area contributed by atoms with Crippen LogP contribution in [0.2, 0.25) is 0 Å². The average Bonchev–Trinajstić information content (AvgIpc) is 3.16. The molecule has 1 amide bonds. The first-order valence-electron chi connectivity index (χ1n) is 9.05. The van der Waals surface area contributed by atoms with Gasteiger partial charge in [0.2, 0.25) is 5.91 Å². The Labute approximate surface area is 175 Å². The molecule has 0 fully saturated rings. The molecule has 2 heterocycles. The summed E-state index contributed by atoms with van der Waals surface area (Å²) in [5, 5.41) is 3.15. The third-order valence-corrected chi connectivity index (χ3v) is 6.45. The Kier molecular flexibility index (Phi) is 5.73. The Morgan fingerprint density at radius 3 is 2.83 bits per heavy atom. The summed E-state index contributed by atoms with van der Waals surface area (Å²) in [7, 11) is 0. The van der Waals surface area contributed by atoms with E-state index in [1.807, 2.05) is 31.2 Å². The van der Waals surface area contributed by atoms with Gasteiger partial charge in [0.15, 0.2) is 5.16 Å². The number of nitrogens with zero attached hydrogens (tertiary/aromatic N) is 2. The van der Waals surface area contributed by atoms with Crippen LogP contribution in [0, 0.1) is 12.7 Å². The minimum absolute atomic E-state index is 0.0563. The molecule has 0 saturated heterocycles. The van der Waals surface area contributed by atoms with Gasteiger partial charge in [-0.1, -0.05) is 35.5 Å². The van der Waals surface area contributed by atoms with Gasteiger partial charge < -0.3 is 5.32 Å². The zero-order chi connectivity index (χ0) is 20.4. The lowest BCUT2D eigenvalue weighted by atomic mass is 10.2. The number of anilines is 1. The van der Waals surface area contributed by atoms with Crippen LogP contribution in [0.3, 0.4) is 0 Å². The number of aryl methyl sites for hydroxylation is 2. The lowest BCUT2D eigenvalue weighted by Crippen LogP contribution is -2.24. The molecule has 5 nitrogen and oxygen atoms in total. The van der Waals surface area contributed by atoms with Crippen LogP contribution in [0.1, 0.15) is 11.3 Å². The molecule has 0 bridgehead atoms. The lowest BCUT2D eigenvalue weighted by molar-refractivity contribution is -0.113. The van der Waals surface area contributed by atoms with E-state index in [4.69, 9.17) is 0 Å². The second kappa shape index (κ2) is 8.42. The summed E-state index contributed by atoms with van der Waals surface area (Å²) in [6.45, 7) is 1.98. The number of fused-ring (bicyclic) bond motifs is 1. The molecule has 0 saturated carbocycles. The molecular formula is C21H18FN3O2S2. The Morgan fingerprint density at radius 2 is 2.07 bits per heavy atom. The zero-order valence-corrected chi connectivity index (χ0v) is 17.3. The number of hydrogen-bond acceptors (Lipinski definition) is 5. The van der Waals surface area contributed by atoms with Crippen LogP contribution in [0.25, 0.3) is 5.69 Å². The van der Waals surface area contributed by atoms with Gasteiger partial charge in [0.05, 0.1) is 22.0 Å². The van der Waals surface area contributed by atoms with Gasteiger partial charge >= 0.3 is 0 Å².